The molecule has 26 heavy (non-hydrogen) atoms. The number of hydrogen-bond acceptors (Lipinski definition) is 7. The van der Waals surface area contributed by atoms with Crippen LogP contribution in [0, 0.1) is 0 Å². The van der Waals surface area contributed by atoms with E-state index in [1.54, 1.807) is 24.9 Å². The number of rotatable bonds is 6. The smallest absolute Gasteiger partial charge is 0.196 e. The molecular weight excluding hydrogens is 330 g/mol. The van der Waals surface area contributed by atoms with Crippen LogP contribution < -0.4 is 5.32 Å². The van der Waals surface area contributed by atoms with Crippen molar-refractivity contribution in [3.05, 3.63) is 53.9 Å². The number of nitrogens with one attached hydrogen (secondary N) is 1. The fourth-order valence-electron chi connectivity index (χ4n) is 3.06. The first kappa shape index (κ1) is 16.7. The van der Waals surface area contributed by atoms with Crippen LogP contribution in [0.15, 0.2) is 35.3 Å². The third kappa shape index (κ3) is 3.75. The zero-order valence-corrected chi connectivity index (χ0v) is 15.1. The van der Waals surface area contributed by atoms with Gasteiger partial charge in [0.2, 0.25) is 0 Å². The van der Waals surface area contributed by atoms with Crippen molar-refractivity contribution in [1.29, 1.82) is 0 Å². The summed E-state index contributed by atoms with van der Waals surface area (Å²) in [7, 11) is 0. The van der Waals surface area contributed by atoms with Crippen molar-refractivity contribution in [2.75, 3.05) is 11.9 Å². The number of aromatic nitrogens is 5. The molecule has 8 nitrogen and oxygen atoms in total. The minimum atomic E-state index is 0.316. The van der Waals surface area contributed by atoms with Crippen LogP contribution in [0.3, 0.4) is 0 Å². The zero-order valence-electron chi connectivity index (χ0n) is 15.1. The lowest BCUT2D eigenvalue weighted by molar-refractivity contribution is 0.203. The summed E-state index contributed by atoms with van der Waals surface area (Å²) in [5.41, 5.74) is 3.22. The molecule has 0 spiro atoms. The van der Waals surface area contributed by atoms with Crippen molar-refractivity contribution in [1.82, 2.24) is 29.6 Å². The first-order valence-corrected chi connectivity index (χ1v) is 8.89. The summed E-state index contributed by atoms with van der Waals surface area (Å²) in [4.78, 5) is 15.2. The Morgan fingerprint density at radius 1 is 1.23 bits per heavy atom. The number of oxazole rings is 1. The highest BCUT2D eigenvalue weighted by Crippen LogP contribution is 2.18. The molecule has 0 unspecified atom stereocenters. The highest BCUT2D eigenvalue weighted by Gasteiger charge is 2.20. The van der Waals surface area contributed by atoms with Crippen molar-refractivity contribution < 1.29 is 4.42 Å². The first-order chi connectivity index (χ1) is 12.7. The summed E-state index contributed by atoms with van der Waals surface area (Å²) < 4.78 is 7.63. The standard InChI is InChI=1S/C18H23N7O/c1-13(2)18-22-15(12-26-18)10-24-5-6-25-16(11-24)7-14(23-25)8-21-17-9-19-3-4-20-17/h3-4,7,9,12-13H,5-6,8,10-11H2,1-2H3,(H,20,21). The van der Waals surface area contributed by atoms with Crippen molar-refractivity contribution in [2.24, 2.45) is 0 Å². The van der Waals surface area contributed by atoms with Gasteiger partial charge in [0.15, 0.2) is 5.89 Å². The Kier molecular flexibility index (Phi) is 4.66. The molecule has 4 heterocycles. The molecule has 0 fully saturated rings. The summed E-state index contributed by atoms with van der Waals surface area (Å²) >= 11 is 0. The molecule has 3 aromatic rings. The van der Waals surface area contributed by atoms with Gasteiger partial charge in [0.25, 0.3) is 0 Å². The monoisotopic (exact) mass is 353 g/mol. The minimum Gasteiger partial charge on any atom is -0.448 e. The van der Waals surface area contributed by atoms with E-state index in [2.05, 4.69) is 54.9 Å². The van der Waals surface area contributed by atoms with E-state index in [0.717, 1.165) is 49.3 Å². The second kappa shape index (κ2) is 7.25. The largest absolute Gasteiger partial charge is 0.448 e. The molecule has 4 rings (SSSR count). The lowest BCUT2D eigenvalue weighted by Crippen LogP contribution is -2.33. The molecule has 0 saturated heterocycles. The maximum Gasteiger partial charge on any atom is 0.196 e. The van der Waals surface area contributed by atoms with E-state index in [4.69, 9.17) is 4.42 Å². The van der Waals surface area contributed by atoms with Gasteiger partial charge in [-0.15, -0.1) is 0 Å². The Morgan fingerprint density at radius 2 is 2.15 bits per heavy atom. The second-order valence-corrected chi connectivity index (χ2v) is 6.84. The summed E-state index contributed by atoms with van der Waals surface area (Å²) in [5, 5.41) is 7.93. The van der Waals surface area contributed by atoms with Crippen LogP contribution in [-0.4, -0.2) is 36.2 Å². The maximum atomic E-state index is 5.54. The summed E-state index contributed by atoms with van der Waals surface area (Å²) in [6, 6.07) is 2.15. The number of hydrogen-bond donors (Lipinski definition) is 1. The number of nitrogens with zero attached hydrogens (tertiary/aromatic N) is 6. The van der Waals surface area contributed by atoms with Crippen LogP contribution in [0.4, 0.5) is 5.82 Å². The average Bonchev–Trinajstić information content (AvgIpc) is 3.27. The van der Waals surface area contributed by atoms with Gasteiger partial charge < -0.3 is 9.73 Å². The lowest BCUT2D eigenvalue weighted by Gasteiger charge is -2.26. The highest BCUT2D eigenvalue weighted by molar-refractivity contribution is 5.31. The molecule has 1 aliphatic rings. The molecule has 0 atom stereocenters. The molecule has 0 saturated carbocycles. The van der Waals surface area contributed by atoms with Crippen LogP contribution in [0.25, 0.3) is 0 Å². The SMILES string of the molecule is CC(C)c1nc(CN2CCn3nc(CNc4cnccn4)cc3C2)co1. The molecule has 136 valence electrons. The van der Waals surface area contributed by atoms with Crippen molar-refractivity contribution in [2.45, 2.75) is 45.9 Å². The van der Waals surface area contributed by atoms with E-state index < -0.39 is 0 Å². The fraction of sp³-hybridized carbons (Fsp3) is 0.444. The van der Waals surface area contributed by atoms with Crippen molar-refractivity contribution in [3.63, 3.8) is 0 Å². The predicted molar refractivity (Wildman–Crippen MR) is 96.3 cm³/mol. The van der Waals surface area contributed by atoms with Crippen molar-refractivity contribution >= 4 is 5.82 Å². The van der Waals surface area contributed by atoms with E-state index in [-0.39, 0.29) is 0 Å². The van der Waals surface area contributed by atoms with Crippen LogP contribution in [0.1, 0.15) is 42.7 Å². The van der Waals surface area contributed by atoms with Gasteiger partial charge >= 0.3 is 0 Å². The van der Waals surface area contributed by atoms with Gasteiger partial charge in [0.05, 0.1) is 36.4 Å². The third-order valence-corrected chi connectivity index (χ3v) is 4.39. The molecule has 3 aromatic heterocycles. The molecule has 0 radical (unpaired) electrons. The number of anilines is 1. The van der Waals surface area contributed by atoms with Crippen LogP contribution in [0.5, 0.6) is 0 Å². The van der Waals surface area contributed by atoms with E-state index in [0.29, 0.717) is 12.5 Å². The van der Waals surface area contributed by atoms with E-state index in [1.165, 1.54) is 5.69 Å². The van der Waals surface area contributed by atoms with Gasteiger partial charge in [-0.2, -0.15) is 5.10 Å². The zero-order chi connectivity index (χ0) is 17.9. The normalized spacial score (nSPS) is 14.6. The van der Waals surface area contributed by atoms with Crippen molar-refractivity contribution in [3.8, 4) is 0 Å². The van der Waals surface area contributed by atoms with Gasteiger partial charge in [0, 0.05) is 37.9 Å². The van der Waals surface area contributed by atoms with Gasteiger partial charge in [-0.05, 0) is 6.07 Å². The quantitative estimate of drug-likeness (QED) is 0.728. The lowest BCUT2D eigenvalue weighted by atomic mass is 10.2. The Hall–Kier alpha value is -2.74. The van der Waals surface area contributed by atoms with Gasteiger partial charge in [-0.25, -0.2) is 9.97 Å². The Balaban J connectivity index is 1.36. The molecule has 0 aromatic carbocycles. The van der Waals surface area contributed by atoms with Crippen LogP contribution >= 0.6 is 0 Å². The van der Waals surface area contributed by atoms with E-state index in [9.17, 15) is 0 Å². The second-order valence-electron chi connectivity index (χ2n) is 6.84. The van der Waals surface area contributed by atoms with Gasteiger partial charge in [-0.1, -0.05) is 13.8 Å². The topological polar surface area (TPSA) is 84.9 Å². The maximum absolute atomic E-state index is 5.54. The van der Waals surface area contributed by atoms with Gasteiger partial charge in [-0.3, -0.25) is 14.6 Å². The Morgan fingerprint density at radius 3 is 2.92 bits per heavy atom. The molecular formula is C18H23N7O. The molecule has 0 bridgehead atoms. The molecule has 1 aliphatic heterocycles. The fourth-order valence-corrected chi connectivity index (χ4v) is 3.06. The van der Waals surface area contributed by atoms with Gasteiger partial charge in [0.1, 0.15) is 12.1 Å². The summed E-state index contributed by atoms with van der Waals surface area (Å²) in [6.07, 6.45) is 6.82. The average molecular weight is 353 g/mol. The molecule has 8 heteroatoms. The Bertz CT molecular complexity index is 856. The predicted octanol–water partition coefficient (Wildman–Crippen LogP) is 2.41. The number of fused-ring (bicyclic) bond motifs is 1. The third-order valence-electron chi connectivity index (χ3n) is 4.39. The minimum absolute atomic E-state index is 0.316. The molecule has 1 N–H and O–H groups in total. The summed E-state index contributed by atoms with van der Waals surface area (Å²) in [5.74, 6) is 1.88. The summed E-state index contributed by atoms with van der Waals surface area (Å²) in [6.45, 7) is 8.32. The van der Waals surface area contributed by atoms with E-state index in [1.807, 2.05) is 0 Å². The van der Waals surface area contributed by atoms with E-state index >= 15 is 0 Å². The molecule has 0 amide bonds. The van der Waals surface area contributed by atoms with Crippen LogP contribution in [0.2, 0.25) is 0 Å². The first-order valence-electron chi connectivity index (χ1n) is 8.89. The molecule has 0 aliphatic carbocycles. The highest BCUT2D eigenvalue weighted by atomic mass is 16.3. The Labute approximate surface area is 152 Å². The van der Waals surface area contributed by atoms with Crippen LogP contribution in [-0.2, 0) is 26.2 Å².